The minimum absolute atomic E-state index is 0.108. The number of terminal acetylenes is 1. The number of nitrogens with one attached hydrogen (secondary N) is 1. The van der Waals surface area contributed by atoms with Crippen molar-refractivity contribution in [3.05, 3.63) is 52.0 Å². The Balaban J connectivity index is 2.04. The summed E-state index contributed by atoms with van der Waals surface area (Å²) >= 11 is 3.46. The van der Waals surface area contributed by atoms with Gasteiger partial charge in [-0.05, 0) is 42.0 Å². The maximum Gasteiger partial charge on any atom is 0.163 e. The molecule has 0 amide bonds. The second-order valence-corrected chi connectivity index (χ2v) is 6.29. The Morgan fingerprint density at radius 1 is 1.37 bits per heavy atom. The number of aromatic amines is 1. The second-order valence-electron chi connectivity index (χ2n) is 5.43. The molecule has 0 bridgehead atoms. The molecule has 0 aliphatic rings. The first-order valence-corrected chi connectivity index (χ1v) is 8.56. The van der Waals surface area contributed by atoms with Crippen LogP contribution in [0.2, 0.25) is 0 Å². The highest BCUT2D eigenvalue weighted by molar-refractivity contribution is 9.10. The number of fused-ring (bicyclic) bond motifs is 1. The third-order valence-corrected chi connectivity index (χ3v) is 4.40. The number of allylic oxidation sites excluding steroid dienone is 1. The molecular formula is C20H13BrFN3O2. The lowest BCUT2D eigenvalue weighted by Gasteiger charge is -2.11. The lowest BCUT2D eigenvalue weighted by atomic mass is 10.1. The number of imidazole rings is 1. The number of aromatic nitrogens is 2. The van der Waals surface area contributed by atoms with E-state index in [2.05, 4.69) is 37.9 Å². The van der Waals surface area contributed by atoms with Crippen LogP contribution in [0.25, 0.3) is 22.7 Å². The van der Waals surface area contributed by atoms with Gasteiger partial charge in [-0.15, -0.1) is 6.42 Å². The zero-order valence-electron chi connectivity index (χ0n) is 14.2. The zero-order chi connectivity index (χ0) is 19.4. The van der Waals surface area contributed by atoms with Crippen LogP contribution in [0.3, 0.4) is 0 Å². The van der Waals surface area contributed by atoms with E-state index >= 15 is 0 Å². The van der Waals surface area contributed by atoms with Gasteiger partial charge < -0.3 is 14.5 Å². The standard InChI is InChI=1S/C20H13BrFN3O2/c1-3-6-27-19-10-15(21)12(8-18(19)26-2)7-13(11-23)20-24-16-5-4-14(22)9-17(16)25-20/h1,4-5,7-10H,6H2,2H3,(H,24,25)/b13-7-. The monoisotopic (exact) mass is 425 g/mol. The maximum absolute atomic E-state index is 13.4. The molecule has 0 saturated heterocycles. The quantitative estimate of drug-likeness (QED) is 0.480. The van der Waals surface area contributed by atoms with E-state index in [0.717, 1.165) is 0 Å². The van der Waals surface area contributed by atoms with Gasteiger partial charge in [0.15, 0.2) is 11.5 Å². The van der Waals surface area contributed by atoms with Crippen molar-refractivity contribution in [2.24, 2.45) is 0 Å². The summed E-state index contributed by atoms with van der Waals surface area (Å²) < 4.78 is 24.8. The average Bonchev–Trinajstić information content (AvgIpc) is 3.08. The SMILES string of the molecule is C#CCOc1cc(Br)c(/C=C(/C#N)c2nc3ccc(F)cc3[nH]2)cc1OC. The number of hydrogen-bond acceptors (Lipinski definition) is 4. The summed E-state index contributed by atoms with van der Waals surface area (Å²) in [5, 5.41) is 9.56. The topological polar surface area (TPSA) is 70.9 Å². The Labute approximate surface area is 163 Å². The van der Waals surface area contributed by atoms with Crippen LogP contribution in [0.15, 0.2) is 34.8 Å². The van der Waals surface area contributed by atoms with Crippen molar-refractivity contribution in [3.63, 3.8) is 0 Å². The molecule has 0 saturated carbocycles. The maximum atomic E-state index is 13.4. The van der Waals surface area contributed by atoms with E-state index in [1.165, 1.54) is 19.2 Å². The number of nitrogens with zero attached hydrogens (tertiary/aromatic N) is 2. The van der Waals surface area contributed by atoms with Crippen LogP contribution >= 0.6 is 15.9 Å². The molecule has 1 heterocycles. The van der Waals surface area contributed by atoms with Crippen molar-refractivity contribution in [1.82, 2.24) is 9.97 Å². The van der Waals surface area contributed by atoms with Gasteiger partial charge in [0.05, 0.1) is 23.7 Å². The van der Waals surface area contributed by atoms with Crippen molar-refractivity contribution < 1.29 is 13.9 Å². The van der Waals surface area contributed by atoms with Gasteiger partial charge in [-0.2, -0.15) is 5.26 Å². The molecule has 0 radical (unpaired) electrons. The summed E-state index contributed by atoms with van der Waals surface area (Å²) in [6, 6.07) is 9.74. The highest BCUT2D eigenvalue weighted by atomic mass is 79.9. The molecule has 27 heavy (non-hydrogen) atoms. The molecule has 0 aliphatic heterocycles. The number of nitriles is 1. The summed E-state index contributed by atoms with van der Waals surface area (Å²) in [5.74, 6) is 3.32. The van der Waals surface area contributed by atoms with E-state index in [0.29, 0.717) is 38.4 Å². The molecule has 0 unspecified atom stereocenters. The van der Waals surface area contributed by atoms with E-state index in [1.54, 1.807) is 24.3 Å². The van der Waals surface area contributed by atoms with Crippen molar-refractivity contribution in [3.8, 4) is 29.9 Å². The van der Waals surface area contributed by atoms with Gasteiger partial charge in [-0.25, -0.2) is 9.37 Å². The van der Waals surface area contributed by atoms with Crippen LogP contribution in [-0.4, -0.2) is 23.7 Å². The number of rotatable bonds is 5. The molecule has 0 atom stereocenters. The first-order valence-electron chi connectivity index (χ1n) is 7.77. The molecule has 3 rings (SSSR count). The van der Waals surface area contributed by atoms with Crippen molar-refractivity contribution in [2.45, 2.75) is 0 Å². The van der Waals surface area contributed by atoms with E-state index in [-0.39, 0.29) is 18.0 Å². The van der Waals surface area contributed by atoms with Gasteiger partial charge >= 0.3 is 0 Å². The van der Waals surface area contributed by atoms with Crippen LogP contribution in [0.1, 0.15) is 11.4 Å². The minimum atomic E-state index is -0.379. The van der Waals surface area contributed by atoms with Gasteiger partial charge in [0, 0.05) is 4.47 Å². The number of hydrogen-bond donors (Lipinski definition) is 1. The second kappa shape index (κ2) is 7.94. The lowest BCUT2D eigenvalue weighted by Crippen LogP contribution is -1.97. The third-order valence-electron chi connectivity index (χ3n) is 3.71. The zero-order valence-corrected chi connectivity index (χ0v) is 15.8. The summed E-state index contributed by atoms with van der Waals surface area (Å²) in [4.78, 5) is 7.30. The number of H-pyrrole nitrogens is 1. The Bertz CT molecular complexity index is 1120. The highest BCUT2D eigenvalue weighted by Crippen LogP contribution is 2.35. The fourth-order valence-corrected chi connectivity index (χ4v) is 2.91. The summed E-state index contributed by atoms with van der Waals surface area (Å²) in [6.45, 7) is 0.108. The first-order chi connectivity index (χ1) is 13.0. The lowest BCUT2D eigenvalue weighted by molar-refractivity contribution is 0.330. The number of ether oxygens (including phenoxy) is 2. The van der Waals surface area contributed by atoms with Crippen LogP contribution in [-0.2, 0) is 0 Å². The first kappa shape index (κ1) is 18.5. The van der Waals surface area contributed by atoms with Gasteiger partial charge in [-0.1, -0.05) is 21.9 Å². The molecule has 5 nitrogen and oxygen atoms in total. The van der Waals surface area contributed by atoms with E-state index in [4.69, 9.17) is 15.9 Å². The smallest absolute Gasteiger partial charge is 0.163 e. The van der Waals surface area contributed by atoms with Crippen LogP contribution in [0, 0.1) is 29.5 Å². The fourth-order valence-electron chi connectivity index (χ4n) is 2.47. The fraction of sp³-hybridized carbons (Fsp3) is 0.100. The van der Waals surface area contributed by atoms with E-state index in [9.17, 15) is 9.65 Å². The molecular weight excluding hydrogens is 413 g/mol. The molecule has 3 aromatic rings. The Hall–Kier alpha value is -3.29. The van der Waals surface area contributed by atoms with E-state index < -0.39 is 0 Å². The van der Waals surface area contributed by atoms with Crippen molar-refractivity contribution in [1.29, 1.82) is 5.26 Å². The Morgan fingerprint density at radius 3 is 2.89 bits per heavy atom. The van der Waals surface area contributed by atoms with Crippen LogP contribution in [0.4, 0.5) is 4.39 Å². The molecule has 0 fully saturated rings. The van der Waals surface area contributed by atoms with Gasteiger partial charge in [-0.3, -0.25) is 0 Å². The van der Waals surface area contributed by atoms with Crippen LogP contribution in [0.5, 0.6) is 11.5 Å². The molecule has 1 N–H and O–H groups in total. The highest BCUT2D eigenvalue weighted by Gasteiger charge is 2.13. The molecule has 7 heteroatoms. The largest absolute Gasteiger partial charge is 0.493 e. The number of halogens is 2. The Kier molecular flexibility index (Phi) is 5.44. The molecule has 0 aliphatic carbocycles. The summed E-state index contributed by atoms with van der Waals surface area (Å²) in [6.07, 6.45) is 6.86. The average molecular weight is 426 g/mol. The predicted molar refractivity (Wildman–Crippen MR) is 105 cm³/mol. The van der Waals surface area contributed by atoms with Crippen LogP contribution < -0.4 is 9.47 Å². The molecule has 0 spiro atoms. The van der Waals surface area contributed by atoms with Gasteiger partial charge in [0.25, 0.3) is 0 Å². The predicted octanol–water partition coefficient (Wildman–Crippen LogP) is 4.55. The molecule has 2 aromatic carbocycles. The Morgan fingerprint density at radius 2 is 2.19 bits per heavy atom. The van der Waals surface area contributed by atoms with Gasteiger partial charge in [0.1, 0.15) is 24.3 Å². The summed E-state index contributed by atoms with van der Waals surface area (Å²) in [7, 11) is 1.51. The van der Waals surface area contributed by atoms with Crippen molar-refractivity contribution in [2.75, 3.05) is 13.7 Å². The van der Waals surface area contributed by atoms with E-state index in [1.807, 2.05) is 0 Å². The number of benzene rings is 2. The number of methoxy groups -OCH3 is 1. The van der Waals surface area contributed by atoms with Crippen molar-refractivity contribution >= 4 is 38.6 Å². The minimum Gasteiger partial charge on any atom is -0.493 e. The third kappa shape index (κ3) is 3.94. The molecule has 1 aromatic heterocycles. The normalized spacial score (nSPS) is 11.1. The van der Waals surface area contributed by atoms with Gasteiger partial charge in [0.2, 0.25) is 0 Å². The summed E-state index contributed by atoms with van der Waals surface area (Å²) in [5.41, 5.74) is 2.05. The molecule has 134 valence electrons.